The second-order valence-electron chi connectivity index (χ2n) is 6.37. The van der Waals surface area contributed by atoms with Crippen LogP contribution in [0.25, 0.3) is 0 Å². The topological polar surface area (TPSA) is 67.8 Å². The highest BCUT2D eigenvalue weighted by Crippen LogP contribution is 2.16. The van der Waals surface area contributed by atoms with Gasteiger partial charge in [0.05, 0.1) is 7.11 Å². The third-order valence-electron chi connectivity index (χ3n) is 4.33. The van der Waals surface area contributed by atoms with Crippen molar-refractivity contribution in [1.82, 2.24) is 15.6 Å². The van der Waals surface area contributed by atoms with Gasteiger partial charge in [-0.1, -0.05) is 48.5 Å². The molecule has 0 aliphatic heterocycles. The van der Waals surface area contributed by atoms with Gasteiger partial charge in [0.2, 0.25) is 5.88 Å². The molecule has 1 heterocycles. The van der Waals surface area contributed by atoms with Crippen molar-refractivity contribution < 1.29 is 9.47 Å². The van der Waals surface area contributed by atoms with Crippen LogP contribution in [0.15, 0.2) is 77.9 Å². The van der Waals surface area contributed by atoms with Gasteiger partial charge in [-0.3, -0.25) is 4.99 Å². The summed E-state index contributed by atoms with van der Waals surface area (Å²) in [5, 5.41) is 6.62. The third-order valence-corrected chi connectivity index (χ3v) is 4.33. The van der Waals surface area contributed by atoms with Crippen LogP contribution in [0.3, 0.4) is 0 Å². The SMILES string of the molecule is CN=C(NCc1cccc(OC)c1)NCc1cccnc1OCc1ccccc1. The predicted molar refractivity (Wildman–Crippen MR) is 115 cm³/mol. The predicted octanol–water partition coefficient (Wildman–Crippen LogP) is 3.53. The highest BCUT2D eigenvalue weighted by atomic mass is 16.5. The zero-order valence-electron chi connectivity index (χ0n) is 16.8. The summed E-state index contributed by atoms with van der Waals surface area (Å²) in [4.78, 5) is 8.66. The summed E-state index contributed by atoms with van der Waals surface area (Å²) >= 11 is 0. The average molecular weight is 390 g/mol. The van der Waals surface area contributed by atoms with E-state index in [4.69, 9.17) is 9.47 Å². The fraction of sp³-hybridized carbons (Fsp3) is 0.217. The molecule has 29 heavy (non-hydrogen) atoms. The molecule has 3 aromatic rings. The molecule has 150 valence electrons. The zero-order valence-corrected chi connectivity index (χ0v) is 16.8. The van der Waals surface area contributed by atoms with Crippen LogP contribution < -0.4 is 20.1 Å². The molecule has 3 rings (SSSR count). The van der Waals surface area contributed by atoms with Crippen molar-refractivity contribution in [3.63, 3.8) is 0 Å². The van der Waals surface area contributed by atoms with E-state index in [0.29, 0.717) is 31.5 Å². The second-order valence-corrected chi connectivity index (χ2v) is 6.37. The fourth-order valence-electron chi connectivity index (χ4n) is 2.78. The normalized spacial score (nSPS) is 11.0. The number of hydrogen-bond donors (Lipinski definition) is 2. The van der Waals surface area contributed by atoms with Crippen molar-refractivity contribution in [2.45, 2.75) is 19.7 Å². The van der Waals surface area contributed by atoms with E-state index >= 15 is 0 Å². The van der Waals surface area contributed by atoms with Gasteiger partial charge in [0.1, 0.15) is 12.4 Å². The number of benzene rings is 2. The first-order valence-corrected chi connectivity index (χ1v) is 9.46. The average Bonchev–Trinajstić information content (AvgIpc) is 2.79. The largest absolute Gasteiger partial charge is 0.497 e. The molecule has 0 amide bonds. The summed E-state index contributed by atoms with van der Waals surface area (Å²) in [5.41, 5.74) is 3.18. The number of hydrogen-bond acceptors (Lipinski definition) is 4. The van der Waals surface area contributed by atoms with Crippen LogP contribution in [0.2, 0.25) is 0 Å². The van der Waals surface area contributed by atoms with Crippen molar-refractivity contribution >= 4 is 5.96 Å². The van der Waals surface area contributed by atoms with Gasteiger partial charge in [0.15, 0.2) is 5.96 Å². The summed E-state index contributed by atoms with van der Waals surface area (Å²) in [7, 11) is 3.41. The first-order chi connectivity index (χ1) is 14.3. The summed E-state index contributed by atoms with van der Waals surface area (Å²) in [6.07, 6.45) is 1.74. The number of methoxy groups -OCH3 is 1. The Balaban J connectivity index is 1.55. The lowest BCUT2D eigenvalue weighted by molar-refractivity contribution is 0.290. The Morgan fingerprint density at radius 1 is 0.931 bits per heavy atom. The maximum atomic E-state index is 5.92. The van der Waals surface area contributed by atoms with E-state index in [2.05, 4.69) is 20.6 Å². The van der Waals surface area contributed by atoms with Crippen molar-refractivity contribution in [3.05, 3.63) is 89.6 Å². The van der Waals surface area contributed by atoms with Crippen molar-refractivity contribution in [2.75, 3.05) is 14.2 Å². The van der Waals surface area contributed by atoms with Crippen LogP contribution in [0.4, 0.5) is 0 Å². The Labute approximate surface area is 171 Å². The molecule has 0 aliphatic rings. The lowest BCUT2D eigenvalue weighted by Gasteiger charge is -2.14. The molecule has 1 aromatic heterocycles. The summed E-state index contributed by atoms with van der Waals surface area (Å²) < 4.78 is 11.2. The molecular formula is C23H26N4O2. The van der Waals surface area contributed by atoms with E-state index in [0.717, 1.165) is 22.4 Å². The highest BCUT2D eigenvalue weighted by Gasteiger charge is 2.07. The van der Waals surface area contributed by atoms with E-state index in [-0.39, 0.29) is 0 Å². The molecule has 0 saturated carbocycles. The summed E-state index contributed by atoms with van der Waals surface area (Å²) in [6, 6.07) is 21.9. The minimum Gasteiger partial charge on any atom is -0.497 e. The quantitative estimate of drug-likeness (QED) is 0.455. The van der Waals surface area contributed by atoms with Gasteiger partial charge in [-0.2, -0.15) is 0 Å². The molecule has 0 aliphatic carbocycles. The Morgan fingerprint density at radius 2 is 1.72 bits per heavy atom. The van der Waals surface area contributed by atoms with E-state index in [1.807, 2.05) is 66.7 Å². The Hall–Kier alpha value is -3.54. The van der Waals surface area contributed by atoms with Crippen LogP contribution in [-0.2, 0) is 19.7 Å². The van der Waals surface area contributed by atoms with Crippen LogP contribution in [0, 0.1) is 0 Å². The van der Waals surface area contributed by atoms with E-state index < -0.39 is 0 Å². The zero-order chi connectivity index (χ0) is 20.3. The van der Waals surface area contributed by atoms with Gasteiger partial charge < -0.3 is 20.1 Å². The molecule has 6 heteroatoms. The van der Waals surface area contributed by atoms with Gasteiger partial charge in [-0.15, -0.1) is 0 Å². The first kappa shape index (κ1) is 20.2. The molecule has 6 nitrogen and oxygen atoms in total. The van der Waals surface area contributed by atoms with Crippen LogP contribution in [0.5, 0.6) is 11.6 Å². The van der Waals surface area contributed by atoms with Gasteiger partial charge in [0.25, 0.3) is 0 Å². The Bertz CT molecular complexity index is 929. The van der Waals surface area contributed by atoms with Crippen LogP contribution in [-0.4, -0.2) is 25.1 Å². The maximum Gasteiger partial charge on any atom is 0.218 e. The lowest BCUT2D eigenvalue weighted by Crippen LogP contribution is -2.36. The van der Waals surface area contributed by atoms with E-state index in [1.165, 1.54) is 0 Å². The maximum absolute atomic E-state index is 5.92. The first-order valence-electron chi connectivity index (χ1n) is 9.46. The molecule has 0 radical (unpaired) electrons. The number of aliphatic imine (C=N–C) groups is 1. The number of pyridine rings is 1. The van der Waals surface area contributed by atoms with Gasteiger partial charge >= 0.3 is 0 Å². The number of rotatable bonds is 8. The summed E-state index contributed by atoms with van der Waals surface area (Å²) in [5.74, 6) is 2.15. The molecule has 0 spiro atoms. The van der Waals surface area contributed by atoms with Gasteiger partial charge in [-0.05, 0) is 29.3 Å². The fourth-order valence-corrected chi connectivity index (χ4v) is 2.78. The van der Waals surface area contributed by atoms with Crippen molar-refractivity contribution in [1.29, 1.82) is 0 Å². The number of guanidine groups is 1. The lowest BCUT2D eigenvalue weighted by atomic mass is 10.2. The molecule has 0 unspecified atom stereocenters. The van der Waals surface area contributed by atoms with E-state index in [1.54, 1.807) is 20.4 Å². The Morgan fingerprint density at radius 3 is 2.52 bits per heavy atom. The number of nitrogens with zero attached hydrogens (tertiary/aromatic N) is 2. The standard InChI is InChI=1S/C23H26N4O2/c1-24-23(26-15-19-10-6-12-21(14-19)28-2)27-16-20-11-7-13-25-22(20)29-17-18-8-4-3-5-9-18/h3-14H,15-17H2,1-2H3,(H2,24,26,27). The highest BCUT2D eigenvalue weighted by molar-refractivity contribution is 5.79. The minimum atomic E-state index is 0.480. The molecular weight excluding hydrogens is 364 g/mol. The molecule has 0 saturated heterocycles. The molecule has 0 atom stereocenters. The van der Waals surface area contributed by atoms with Crippen LogP contribution >= 0.6 is 0 Å². The smallest absolute Gasteiger partial charge is 0.218 e. The molecule has 0 fully saturated rings. The van der Waals surface area contributed by atoms with Crippen molar-refractivity contribution in [3.8, 4) is 11.6 Å². The van der Waals surface area contributed by atoms with Crippen molar-refractivity contribution in [2.24, 2.45) is 4.99 Å². The second kappa shape index (κ2) is 10.7. The van der Waals surface area contributed by atoms with Crippen LogP contribution in [0.1, 0.15) is 16.7 Å². The summed E-state index contributed by atoms with van der Waals surface area (Å²) in [6.45, 7) is 1.67. The number of aromatic nitrogens is 1. The molecule has 2 N–H and O–H groups in total. The number of nitrogens with one attached hydrogen (secondary N) is 2. The Kier molecular flexibility index (Phi) is 7.46. The minimum absolute atomic E-state index is 0.480. The van der Waals surface area contributed by atoms with E-state index in [9.17, 15) is 0 Å². The molecule has 0 bridgehead atoms. The van der Waals surface area contributed by atoms with Gasteiger partial charge in [0, 0.05) is 31.9 Å². The monoisotopic (exact) mass is 390 g/mol. The molecule has 2 aromatic carbocycles. The number of ether oxygens (including phenoxy) is 2. The third kappa shape index (κ3) is 6.24. The van der Waals surface area contributed by atoms with Gasteiger partial charge in [-0.25, -0.2) is 4.98 Å².